The highest BCUT2D eigenvalue weighted by atomic mass is 32.2. The molecule has 244 valence electrons. The zero-order chi connectivity index (χ0) is 33.1. The van der Waals surface area contributed by atoms with Crippen molar-refractivity contribution in [2.24, 2.45) is 5.92 Å². The third kappa shape index (κ3) is 6.78. The Balaban J connectivity index is 1.41. The van der Waals surface area contributed by atoms with Gasteiger partial charge in [-0.15, -0.1) is 0 Å². The van der Waals surface area contributed by atoms with Gasteiger partial charge in [-0.2, -0.15) is 4.31 Å². The lowest BCUT2D eigenvalue weighted by Gasteiger charge is -2.44. The van der Waals surface area contributed by atoms with Crippen molar-refractivity contribution in [3.05, 3.63) is 109 Å². The Bertz CT molecular complexity index is 1650. The Morgan fingerprint density at radius 3 is 2.07 bits per heavy atom. The molecule has 0 amide bonds. The highest BCUT2D eigenvalue weighted by molar-refractivity contribution is 7.89. The maximum Gasteiger partial charge on any atom is 0.261 e. The molecule has 2 unspecified atom stereocenters. The lowest BCUT2D eigenvalue weighted by molar-refractivity contribution is 0.191. The number of nitrogens with zero attached hydrogens (tertiary/aromatic N) is 3. The van der Waals surface area contributed by atoms with Gasteiger partial charge in [-0.05, 0) is 58.4 Å². The van der Waals surface area contributed by atoms with Gasteiger partial charge in [0.25, 0.3) is 8.32 Å². The van der Waals surface area contributed by atoms with Crippen LogP contribution in [-0.2, 0) is 21.0 Å². The largest absolute Gasteiger partial charge is 0.406 e. The lowest BCUT2D eigenvalue weighted by atomic mass is 10.1. The van der Waals surface area contributed by atoms with Gasteiger partial charge in [-0.25, -0.2) is 8.42 Å². The van der Waals surface area contributed by atoms with Crippen molar-refractivity contribution in [2.45, 2.75) is 76.6 Å². The van der Waals surface area contributed by atoms with Gasteiger partial charge in [0.05, 0.1) is 35.2 Å². The van der Waals surface area contributed by atoms with E-state index in [4.69, 9.17) is 4.43 Å². The number of rotatable bonds is 12. The second-order valence-electron chi connectivity index (χ2n) is 13.8. The number of nitrogens with one attached hydrogen (secondary N) is 1. The first-order valence-electron chi connectivity index (χ1n) is 16.1. The van der Waals surface area contributed by atoms with E-state index in [-0.39, 0.29) is 28.1 Å². The first-order valence-corrected chi connectivity index (χ1v) is 19.5. The number of pyridine rings is 1. The summed E-state index contributed by atoms with van der Waals surface area (Å²) in [6.45, 7) is 14.1. The van der Waals surface area contributed by atoms with Crippen LogP contribution < -0.4 is 20.6 Å². The number of fused-ring (bicyclic) bond motifs is 1. The first kappa shape index (κ1) is 33.8. The predicted molar refractivity (Wildman–Crippen MR) is 192 cm³/mol. The highest BCUT2D eigenvalue weighted by Crippen LogP contribution is 2.38. The molecule has 5 rings (SSSR count). The fraction of sp³-hybridized carbons (Fsp3) is 0.378. The normalized spacial score (nSPS) is 16.0. The van der Waals surface area contributed by atoms with Crippen LogP contribution in [0.5, 0.6) is 0 Å². The SMILES string of the molecule is CC(C)CC(CO[Si](c1ccccc1)(c1ccccc1)C(C)(C)C)N(C)S(=O)(=O)c1ccc(CN2c3ccncc3NC2C)cc1. The Morgan fingerprint density at radius 2 is 1.52 bits per heavy atom. The molecule has 7 nitrogen and oxygen atoms in total. The van der Waals surface area contributed by atoms with Gasteiger partial charge in [0.1, 0.15) is 0 Å². The molecule has 1 aliphatic rings. The minimum absolute atomic E-state index is 0.112. The molecule has 2 heterocycles. The molecule has 0 saturated carbocycles. The summed E-state index contributed by atoms with van der Waals surface area (Å²) in [5.41, 5.74) is 3.14. The fourth-order valence-corrected chi connectivity index (χ4v) is 12.6. The van der Waals surface area contributed by atoms with Crippen LogP contribution in [-0.4, -0.2) is 51.9 Å². The van der Waals surface area contributed by atoms with Crippen LogP contribution in [0, 0.1) is 5.92 Å². The molecular formula is C37H48N4O3SSi. The first-order chi connectivity index (χ1) is 21.8. The van der Waals surface area contributed by atoms with Gasteiger partial charge in [0, 0.05) is 25.8 Å². The average Bonchev–Trinajstić information content (AvgIpc) is 3.35. The van der Waals surface area contributed by atoms with E-state index < -0.39 is 18.3 Å². The zero-order valence-corrected chi connectivity index (χ0v) is 30.0. The second kappa shape index (κ2) is 13.7. The van der Waals surface area contributed by atoms with Crippen LogP contribution in [0.4, 0.5) is 11.4 Å². The number of likely N-dealkylation sites (N-methyl/N-ethyl adjacent to an activating group) is 1. The van der Waals surface area contributed by atoms with Crippen LogP contribution in [0.3, 0.4) is 0 Å². The number of sulfonamides is 1. The van der Waals surface area contributed by atoms with Crippen LogP contribution >= 0.6 is 0 Å². The number of benzene rings is 3. The lowest BCUT2D eigenvalue weighted by Crippen LogP contribution is -2.67. The van der Waals surface area contributed by atoms with E-state index in [0.717, 1.165) is 16.9 Å². The third-order valence-corrected chi connectivity index (χ3v) is 16.0. The molecule has 9 heteroatoms. The molecule has 0 aliphatic carbocycles. The molecule has 0 spiro atoms. The van der Waals surface area contributed by atoms with E-state index >= 15 is 0 Å². The molecule has 1 aromatic heterocycles. The molecule has 1 N–H and O–H groups in total. The van der Waals surface area contributed by atoms with Crippen LogP contribution in [0.15, 0.2) is 108 Å². The Labute approximate surface area is 276 Å². The van der Waals surface area contributed by atoms with E-state index in [0.29, 0.717) is 19.6 Å². The highest BCUT2D eigenvalue weighted by Gasteiger charge is 2.50. The Morgan fingerprint density at radius 1 is 0.935 bits per heavy atom. The van der Waals surface area contributed by atoms with Crippen molar-refractivity contribution in [3.63, 3.8) is 0 Å². The van der Waals surface area contributed by atoms with Crippen LogP contribution in [0.25, 0.3) is 0 Å². The van der Waals surface area contributed by atoms with E-state index in [2.05, 4.69) is 105 Å². The summed E-state index contributed by atoms with van der Waals surface area (Å²) in [7, 11) is -4.92. The van der Waals surface area contributed by atoms with Crippen molar-refractivity contribution >= 4 is 40.1 Å². The van der Waals surface area contributed by atoms with Crippen molar-refractivity contribution in [2.75, 3.05) is 23.9 Å². The molecule has 46 heavy (non-hydrogen) atoms. The van der Waals surface area contributed by atoms with Gasteiger partial charge in [-0.1, -0.05) is 107 Å². The standard InChI is InChI=1S/C37H48N4O3SSi/c1-28(2)24-31(27-44-46(37(4,5)6,33-14-10-8-11-15-33)34-16-12-9-13-17-34)40(7)45(42,43)32-20-18-30(19-21-32)26-41-29(3)39-35-25-38-23-22-36(35)41/h8-23,25,28-29,31,39H,24,26-27H2,1-7H3. The molecule has 1 aliphatic heterocycles. The minimum Gasteiger partial charge on any atom is -0.406 e. The summed E-state index contributed by atoms with van der Waals surface area (Å²) >= 11 is 0. The summed E-state index contributed by atoms with van der Waals surface area (Å²) in [5, 5.41) is 5.61. The molecule has 0 saturated heterocycles. The molecule has 2 atom stereocenters. The van der Waals surface area contributed by atoms with E-state index in [9.17, 15) is 8.42 Å². The summed E-state index contributed by atoms with van der Waals surface area (Å²) in [5.74, 6) is 0.280. The van der Waals surface area contributed by atoms with Gasteiger partial charge in [0.2, 0.25) is 10.0 Å². The summed E-state index contributed by atoms with van der Waals surface area (Å²) in [6, 6.07) is 30.0. The maximum absolute atomic E-state index is 14.1. The molecule has 4 aromatic rings. The van der Waals surface area contributed by atoms with Crippen molar-refractivity contribution in [1.82, 2.24) is 9.29 Å². The van der Waals surface area contributed by atoms with E-state index in [1.54, 1.807) is 25.4 Å². The molecule has 0 fully saturated rings. The topological polar surface area (TPSA) is 74.8 Å². The van der Waals surface area contributed by atoms with Gasteiger partial charge < -0.3 is 14.6 Å². The Kier molecular flexibility index (Phi) is 10.1. The molecule has 0 radical (unpaired) electrons. The number of hydrogen-bond donors (Lipinski definition) is 1. The van der Waals surface area contributed by atoms with Crippen LogP contribution in [0.2, 0.25) is 5.04 Å². The monoisotopic (exact) mass is 656 g/mol. The van der Waals surface area contributed by atoms with Crippen molar-refractivity contribution in [3.8, 4) is 0 Å². The number of hydrogen-bond acceptors (Lipinski definition) is 6. The number of aromatic nitrogens is 1. The molecular weight excluding hydrogens is 609 g/mol. The summed E-state index contributed by atoms with van der Waals surface area (Å²) < 4.78 is 37.1. The fourth-order valence-electron chi connectivity index (χ4n) is 6.66. The van der Waals surface area contributed by atoms with Gasteiger partial charge in [-0.3, -0.25) is 4.98 Å². The quantitative estimate of drug-likeness (QED) is 0.176. The minimum atomic E-state index is -3.79. The number of anilines is 2. The van der Waals surface area contributed by atoms with Crippen molar-refractivity contribution in [1.29, 1.82) is 0 Å². The van der Waals surface area contributed by atoms with E-state index in [1.807, 2.05) is 36.5 Å². The predicted octanol–water partition coefficient (Wildman–Crippen LogP) is 6.47. The van der Waals surface area contributed by atoms with Crippen LogP contribution in [0.1, 0.15) is 53.5 Å². The Hall–Kier alpha value is -3.50. The maximum atomic E-state index is 14.1. The molecule has 3 aromatic carbocycles. The second-order valence-corrected chi connectivity index (χ2v) is 20.1. The van der Waals surface area contributed by atoms with E-state index in [1.165, 1.54) is 14.7 Å². The third-order valence-electron chi connectivity index (χ3n) is 9.06. The average molecular weight is 657 g/mol. The summed E-state index contributed by atoms with van der Waals surface area (Å²) in [6.07, 6.45) is 4.42. The molecule has 0 bridgehead atoms. The summed E-state index contributed by atoms with van der Waals surface area (Å²) in [4.78, 5) is 6.77. The zero-order valence-electron chi connectivity index (χ0n) is 28.1. The van der Waals surface area contributed by atoms with Crippen molar-refractivity contribution < 1.29 is 12.8 Å². The smallest absolute Gasteiger partial charge is 0.261 e. The van der Waals surface area contributed by atoms with Gasteiger partial charge in [0.15, 0.2) is 0 Å². The van der Waals surface area contributed by atoms with Gasteiger partial charge >= 0.3 is 0 Å².